The van der Waals surface area contributed by atoms with Gasteiger partial charge >= 0.3 is 0 Å². The summed E-state index contributed by atoms with van der Waals surface area (Å²) in [5, 5.41) is 4.45. The van der Waals surface area contributed by atoms with Crippen LogP contribution < -0.4 is 0 Å². The average Bonchev–Trinajstić information content (AvgIpc) is 3.37. The lowest BCUT2D eigenvalue weighted by atomic mass is 9.94. The Morgan fingerprint density at radius 2 is 1.89 bits per heavy atom. The number of benzene rings is 2. The van der Waals surface area contributed by atoms with Gasteiger partial charge in [0.15, 0.2) is 15.6 Å². The van der Waals surface area contributed by atoms with E-state index in [-0.39, 0.29) is 23.0 Å². The van der Waals surface area contributed by atoms with E-state index < -0.39 is 9.84 Å². The fraction of sp³-hybridized carbons (Fsp3) is 0.238. The number of carbonyl (C=O) groups excluding carboxylic acids is 1. The van der Waals surface area contributed by atoms with Crippen LogP contribution in [0.2, 0.25) is 5.02 Å². The summed E-state index contributed by atoms with van der Waals surface area (Å²) in [5.74, 6) is 0.122. The fourth-order valence-corrected chi connectivity index (χ4v) is 4.48. The van der Waals surface area contributed by atoms with Crippen LogP contribution in [0.3, 0.4) is 0 Å². The van der Waals surface area contributed by atoms with Gasteiger partial charge in [-0.3, -0.25) is 4.79 Å². The molecule has 3 aromatic rings. The molecule has 0 unspecified atom stereocenters. The summed E-state index contributed by atoms with van der Waals surface area (Å²) in [6.07, 6.45) is 4.85. The van der Waals surface area contributed by atoms with Crippen molar-refractivity contribution < 1.29 is 17.7 Å². The van der Waals surface area contributed by atoms with Gasteiger partial charge < -0.3 is 4.52 Å². The van der Waals surface area contributed by atoms with E-state index in [0.29, 0.717) is 27.4 Å². The molecule has 144 valence electrons. The molecule has 0 spiro atoms. The number of sulfone groups is 1. The Kier molecular flexibility index (Phi) is 4.85. The zero-order valence-corrected chi connectivity index (χ0v) is 16.8. The molecule has 0 amide bonds. The third-order valence-corrected chi connectivity index (χ3v) is 6.30. The summed E-state index contributed by atoms with van der Waals surface area (Å²) in [6, 6.07) is 11.9. The van der Waals surface area contributed by atoms with E-state index in [1.165, 1.54) is 12.3 Å². The summed E-state index contributed by atoms with van der Waals surface area (Å²) in [4.78, 5) is 13.4. The highest BCUT2D eigenvalue weighted by molar-refractivity contribution is 7.90. The number of rotatable bonds is 6. The molecule has 4 rings (SSSR count). The fourth-order valence-electron chi connectivity index (χ4n) is 3.36. The first kappa shape index (κ1) is 18.9. The molecular weight excluding hydrogens is 398 g/mol. The number of nitrogens with zero attached hydrogens (tertiary/aromatic N) is 1. The van der Waals surface area contributed by atoms with Gasteiger partial charge in [-0.15, -0.1) is 0 Å². The SMILES string of the molecule is CS(=O)(=O)c1ccc(Cl)cc1Cc1ccccc1C(=O)c1conc1C1CC1. The summed E-state index contributed by atoms with van der Waals surface area (Å²) >= 11 is 6.10. The third kappa shape index (κ3) is 3.75. The van der Waals surface area contributed by atoms with Gasteiger partial charge in [-0.1, -0.05) is 41.0 Å². The van der Waals surface area contributed by atoms with Crippen molar-refractivity contribution in [3.05, 3.63) is 81.7 Å². The highest BCUT2D eigenvalue weighted by Crippen LogP contribution is 2.41. The van der Waals surface area contributed by atoms with Crippen LogP contribution in [0.25, 0.3) is 0 Å². The predicted octanol–water partition coefficient (Wildman–Crippen LogP) is 4.43. The summed E-state index contributed by atoms with van der Waals surface area (Å²) in [5.41, 5.74) is 2.97. The van der Waals surface area contributed by atoms with Crippen LogP contribution >= 0.6 is 11.6 Å². The van der Waals surface area contributed by atoms with Crippen LogP contribution in [0.4, 0.5) is 0 Å². The molecule has 0 saturated heterocycles. The van der Waals surface area contributed by atoms with Crippen LogP contribution in [0.1, 0.15) is 51.5 Å². The molecule has 28 heavy (non-hydrogen) atoms. The van der Waals surface area contributed by atoms with Crippen LogP contribution in [0, 0.1) is 0 Å². The first-order valence-corrected chi connectivity index (χ1v) is 11.2. The smallest absolute Gasteiger partial charge is 0.198 e. The maximum absolute atomic E-state index is 13.2. The van der Waals surface area contributed by atoms with Crippen molar-refractivity contribution in [3.8, 4) is 0 Å². The van der Waals surface area contributed by atoms with Crippen molar-refractivity contribution in [1.82, 2.24) is 5.16 Å². The first-order chi connectivity index (χ1) is 13.3. The lowest BCUT2D eigenvalue weighted by Gasteiger charge is -2.12. The molecule has 0 bridgehead atoms. The first-order valence-electron chi connectivity index (χ1n) is 8.90. The standard InChI is InChI=1S/C21H18ClNO4S/c1-28(25,26)19-9-8-16(22)11-15(19)10-14-4-2-3-5-17(14)21(24)18-12-27-23-20(18)13-6-7-13/h2-5,8-9,11-13H,6-7,10H2,1H3. The molecule has 1 saturated carbocycles. The Bertz CT molecular complexity index is 1160. The van der Waals surface area contributed by atoms with E-state index in [1.54, 1.807) is 24.3 Å². The maximum atomic E-state index is 13.2. The minimum Gasteiger partial charge on any atom is -0.364 e. The van der Waals surface area contributed by atoms with Crippen molar-refractivity contribution in [2.75, 3.05) is 6.26 Å². The predicted molar refractivity (Wildman–Crippen MR) is 106 cm³/mol. The zero-order valence-electron chi connectivity index (χ0n) is 15.2. The van der Waals surface area contributed by atoms with E-state index in [2.05, 4.69) is 5.16 Å². The quantitative estimate of drug-likeness (QED) is 0.556. The van der Waals surface area contributed by atoms with Gasteiger partial charge in [-0.25, -0.2) is 8.42 Å². The van der Waals surface area contributed by atoms with Gasteiger partial charge in [0.25, 0.3) is 0 Å². The van der Waals surface area contributed by atoms with Crippen molar-refractivity contribution in [2.24, 2.45) is 0 Å². The zero-order chi connectivity index (χ0) is 19.9. The second-order valence-corrected chi connectivity index (χ2v) is 9.50. The van der Waals surface area contributed by atoms with Gasteiger partial charge in [0.05, 0.1) is 16.2 Å². The van der Waals surface area contributed by atoms with E-state index in [4.69, 9.17) is 16.1 Å². The van der Waals surface area contributed by atoms with Crippen LogP contribution in [0.15, 0.2) is 58.1 Å². The summed E-state index contributed by atoms with van der Waals surface area (Å²) in [7, 11) is -3.42. The highest BCUT2D eigenvalue weighted by atomic mass is 35.5. The van der Waals surface area contributed by atoms with Gasteiger partial charge in [0, 0.05) is 22.8 Å². The van der Waals surface area contributed by atoms with Crippen molar-refractivity contribution in [2.45, 2.75) is 30.1 Å². The second kappa shape index (κ2) is 7.18. The van der Waals surface area contributed by atoms with Crippen molar-refractivity contribution >= 4 is 27.2 Å². The summed E-state index contributed by atoms with van der Waals surface area (Å²) in [6.45, 7) is 0. The lowest BCUT2D eigenvalue weighted by Crippen LogP contribution is -2.09. The highest BCUT2D eigenvalue weighted by Gasteiger charge is 2.32. The summed E-state index contributed by atoms with van der Waals surface area (Å²) < 4.78 is 29.4. The number of aromatic nitrogens is 1. The molecular formula is C21H18ClNO4S. The molecule has 7 heteroatoms. The molecule has 0 aliphatic heterocycles. The van der Waals surface area contributed by atoms with Gasteiger partial charge in [0.1, 0.15) is 6.26 Å². The van der Waals surface area contributed by atoms with Gasteiger partial charge in [-0.2, -0.15) is 0 Å². The van der Waals surface area contributed by atoms with Gasteiger partial charge in [0.2, 0.25) is 0 Å². The molecule has 1 aliphatic rings. The minimum absolute atomic E-state index is 0.165. The number of hydrogen-bond donors (Lipinski definition) is 0. The molecule has 1 aromatic heterocycles. The molecule has 0 radical (unpaired) electrons. The Morgan fingerprint density at radius 3 is 2.61 bits per heavy atom. The molecule has 5 nitrogen and oxygen atoms in total. The molecule has 0 N–H and O–H groups in total. The Labute approximate surface area is 168 Å². The topological polar surface area (TPSA) is 77.2 Å². The number of hydrogen-bond acceptors (Lipinski definition) is 5. The Balaban J connectivity index is 1.75. The van der Waals surface area contributed by atoms with Crippen molar-refractivity contribution in [3.63, 3.8) is 0 Å². The van der Waals surface area contributed by atoms with Gasteiger partial charge in [-0.05, 0) is 48.6 Å². The second-order valence-electron chi connectivity index (χ2n) is 7.07. The van der Waals surface area contributed by atoms with Crippen LogP contribution in [-0.4, -0.2) is 25.6 Å². The van der Waals surface area contributed by atoms with E-state index in [1.807, 2.05) is 12.1 Å². The monoisotopic (exact) mass is 415 g/mol. The maximum Gasteiger partial charge on any atom is 0.198 e. The van der Waals surface area contributed by atoms with Crippen LogP contribution in [-0.2, 0) is 16.3 Å². The van der Waals surface area contributed by atoms with E-state index >= 15 is 0 Å². The number of halogens is 1. The minimum atomic E-state index is -3.42. The molecule has 1 aliphatic carbocycles. The molecule has 0 atom stereocenters. The Hall–Kier alpha value is -2.44. The number of ketones is 1. The largest absolute Gasteiger partial charge is 0.364 e. The third-order valence-electron chi connectivity index (χ3n) is 4.87. The Morgan fingerprint density at radius 1 is 1.14 bits per heavy atom. The van der Waals surface area contributed by atoms with Crippen LogP contribution in [0.5, 0.6) is 0 Å². The number of carbonyl (C=O) groups is 1. The van der Waals surface area contributed by atoms with E-state index in [0.717, 1.165) is 24.7 Å². The van der Waals surface area contributed by atoms with E-state index in [9.17, 15) is 13.2 Å². The molecule has 1 fully saturated rings. The lowest BCUT2D eigenvalue weighted by molar-refractivity contribution is 0.103. The van der Waals surface area contributed by atoms with Crippen molar-refractivity contribution in [1.29, 1.82) is 0 Å². The normalized spacial score (nSPS) is 14.2. The average molecular weight is 416 g/mol. The molecule has 2 aromatic carbocycles. The molecule has 1 heterocycles.